The standard InChI is InChI=1S/C12H24N2O/c1-4-8-14(11-6-7-13-9-11)12(15)10(3)5-2/h10-11,13H,4-9H2,1-3H3. The van der Waals surface area contributed by atoms with E-state index in [-0.39, 0.29) is 5.92 Å². The molecule has 1 aliphatic rings. The van der Waals surface area contributed by atoms with Crippen molar-refractivity contribution in [1.29, 1.82) is 0 Å². The van der Waals surface area contributed by atoms with Gasteiger partial charge in [-0.3, -0.25) is 4.79 Å². The number of rotatable bonds is 5. The third kappa shape index (κ3) is 3.20. The van der Waals surface area contributed by atoms with Gasteiger partial charge in [0.15, 0.2) is 0 Å². The lowest BCUT2D eigenvalue weighted by Crippen LogP contribution is -2.44. The Kier molecular flexibility index (Phi) is 5.09. The number of amides is 1. The van der Waals surface area contributed by atoms with Crippen LogP contribution in [-0.4, -0.2) is 36.5 Å². The minimum atomic E-state index is 0.178. The quantitative estimate of drug-likeness (QED) is 0.751. The van der Waals surface area contributed by atoms with Crippen molar-refractivity contribution in [2.75, 3.05) is 19.6 Å². The van der Waals surface area contributed by atoms with Crippen molar-refractivity contribution >= 4 is 5.91 Å². The second-order valence-corrected chi connectivity index (χ2v) is 4.49. The fraction of sp³-hybridized carbons (Fsp3) is 0.917. The molecule has 1 fully saturated rings. The van der Waals surface area contributed by atoms with Crippen molar-refractivity contribution in [2.45, 2.75) is 46.1 Å². The highest BCUT2D eigenvalue weighted by molar-refractivity contribution is 5.78. The molecule has 0 saturated carbocycles. The Hall–Kier alpha value is -0.570. The first-order chi connectivity index (χ1) is 7.20. The number of hydrogen-bond acceptors (Lipinski definition) is 2. The van der Waals surface area contributed by atoms with Crippen LogP contribution in [0, 0.1) is 5.92 Å². The Morgan fingerprint density at radius 1 is 1.53 bits per heavy atom. The van der Waals surface area contributed by atoms with Crippen molar-refractivity contribution in [2.24, 2.45) is 5.92 Å². The minimum absolute atomic E-state index is 0.178. The summed E-state index contributed by atoms with van der Waals surface area (Å²) in [6.45, 7) is 9.20. The minimum Gasteiger partial charge on any atom is -0.338 e. The molecule has 0 aliphatic carbocycles. The van der Waals surface area contributed by atoms with Crippen LogP contribution in [-0.2, 0) is 4.79 Å². The zero-order valence-corrected chi connectivity index (χ0v) is 10.3. The van der Waals surface area contributed by atoms with E-state index in [1.54, 1.807) is 0 Å². The Bertz CT molecular complexity index is 200. The summed E-state index contributed by atoms with van der Waals surface area (Å²) in [4.78, 5) is 14.2. The average molecular weight is 212 g/mol. The molecule has 1 N–H and O–H groups in total. The fourth-order valence-corrected chi connectivity index (χ4v) is 2.08. The van der Waals surface area contributed by atoms with E-state index in [2.05, 4.69) is 24.1 Å². The van der Waals surface area contributed by atoms with Crippen molar-refractivity contribution in [3.8, 4) is 0 Å². The summed E-state index contributed by atoms with van der Waals surface area (Å²) >= 11 is 0. The smallest absolute Gasteiger partial charge is 0.225 e. The molecule has 2 unspecified atom stereocenters. The topological polar surface area (TPSA) is 32.3 Å². The number of nitrogens with zero attached hydrogens (tertiary/aromatic N) is 1. The molecule has 2 atom stereocenters. The van der Waals surface area contributed by atoms with E-state index in [0.29, 0.717) is 11.9 Å². The molecule has 1 rings (SSSR count). The van der Waals surface area contributed by atoms with Gasteiger partial charge in [0.1, 0.15) is 0 Å². The van der Waals surface area contributed by atoms with Gasteiger partial charge in [0.2, 0.25) is 5.91 Å². The van der Waals surface area contributed by atoms with E-state index >= 15 is 0 Å². The summed E-state index contributed by atoms with van der Waals surface area (Å²) in [6, 6.07) is 0.437. The van der Waals surface area contributed by atoms with Gasteiger partial charge >= 0.3 is 0 Å². The van der Waals surface area contributed by atoms with Gasteiger partial charge in [-0.1, -0.05) is 20.8 Å². The predicted molar refractivity (Wildman–Crippen MR) is 62.7 cm³/mol. The maximum Gasteiger partial charge on any atom is 0.225 e. The largest absolute Gasteiger partial charge is 0.338 e. The highest BCUT2D eigenvalue weighted by Gasteiger charge is 2.27. The van der Waals surface area contributed by atoms with E-state index in [1.807, 2.05) is 6.92 Å². The fourth-order valence-electron chi connectivity index (χ4n) is 2.08. The lowest BCUT2D eigenvalue weighted by molar-refractivity contribution is -0.137. The second kappa shape index (κ2) is 6.11. The highest BCUT2D eigenvalue weighted by atomic mass is 16.2. The molecule has 0 aromatic rings. The van der Waals surface area contributed by atoms with Crippen LogP contribution >= 0.6 is 0 Å². The van der Waals surface area contributed by atoms with Crippen LogP contribution in [0.25, 0.3) is 0 Å². The van der Waals surface area contributed by atoms with E-state index in [4.69, 9.17) is 0 Å². The molecule has 3 heteroatoms. The van der Waals surface area contributed by atoms with Crippen LogP contribution in [0.4, 0.5) is 0 Å². The van der Waals surface area contributed by atoms with Crippen molar-refractivity contribution in [3.63, 3.8) is 0 Å². The summed E-state index contributed by atoms with van der Waals surface area (Å²) in [6.07, 6.45) is 3.11. The molecule has 0 spiro atoms. The molecule has 1 amide bonds. The summed E-state index contributed by atoms with van der Waals surface area (Å²) in [5.41, 5.74) is 0. The Morgan fingerprint density at radius 2 is 2.27 bits per heavy atom. The molecule has 1 aliphatic heterocycles. The number of carbonyl (C=O) groups is 1. The van der Waals surface area contributed by atoms with Crippen LogP contribution in [0.1, 0.15) is 40.0 Å². The Labute approximate surface area is 93.2 Å². The molecule has 3 nitrogen and oxygen atoms in total. The van der Waals surface area contributed by atoms with Gasteiger partial charge in [0.05, 0.1) is 0 Å². The van der Waals surface area contributed by atoms with Gasteiger partial charge in [-0.2, -0.15) is 0 Å². The van der Waals surface area contributed by atoms with Crippen LogP contribution in [0.3, 0.4) is 0 Å². The van der Waals surface area contributed by atoms with Crippen LogP contribution in [0.2, 0.25) is 0 Å². The molecule has 88 valence electrons. The van der Waals surface area contributed by atoms with E-state index < -0.39 is 0 Å². The summed E-state index contributed by atoms with van der Waals surface area (Å²) in [5, 5.41) is 3.33. The Morgan fingerprint density at radius 3 is 2.73 bits per heavy atom. The average Bonchev–Trinajstić information content (AvgIpc) is 2.77. The number of carbonyl (C=O) groups excluding carboxylic acids is 1. The lowest BCUT2D eigenvalue weighted by Gasteiger charge is -2.30. The molecule has 1 saturated heterocycles. The van der Waals surface area contributed by atoms with E-state index in [0.717, 1.165) is 38.9 Å². The summed E-state index contributed by atoms with van der Waals surface area (Å²) < 4.78 is 0. The first kappa shape index (κ1) is 12.5. The van der Waals surface area contributed by atoms with E-state index in [9.17, 15) is 4.79 Å². The van der Waals surface area contributed by atoms with Gasteiger partial charge < -0.3 is 10.2 Å². The summed E-state index contributed by atoms with van der Waals surface area (Å²) in [7, 11) is 0. The van der Waals surface area contributed by atoms with Gasteiger partial charge in [-0.25, -0.2) is 0 Å². The highest BCUT2D eigenvalue weighted by Crippen LogP contribution is 2.14. The first-order valence-corrected chi connectivity index (χ1v) is 6.21. The molecule has 15 heavy (non-hydrogen) atoms. The van der Waals surface area contributed by atoms with Crippen LogP contribution < -0.4 is 5.32 Å². The molecule has 1 heterocycles. The third-order valence-electron chi connectivity index (χ3n) is 3.26. The molecule has 0 aromatic heterocycles. The van der Waals surface area contributed by atoms with Crippen molar-refractivity contribution in [1.82, 2.24) is 10.2 Å². The van der Waals surface area contributed by atoms with Gasteiger partial charge in [0, 0.05) is 25.0 Å². The molecule has 0 radical (unpaired) electrons. The van der Waals surface area contributed by atoms with Crippen molar-refractivity contribution < 1.29 is 4.79 Å². The molecular weight excluding hydrogens is 188 g/mol. The SMILES string of the molecule is CCCN(C(=O)C(C)CC)C1CCNC1. The predicted octanol–water partition coefficient (Wildman–Crippen LogP) is 1.63. The van der Waals surface area contributed by atoms with E-state index in [1.165, 1.54) is 0 Å². The van der Waals surface area contributed by atoms with Gasteiger partial charge in [-0.05, 0) is 25.8 Å². The second-order valence-electron chi connectivity index (χ2n) is 4.49. The molecule has 0 aromatic carbocycles. The third-order valence-corrected chi connectivity index (χ3v) is 3.26. The zero-order chi connectivity index (χ0) is 11.3. The molecule has 0 bridgehead atoms. The van der Waals surface area contributed by atoms with Crippen molar-refractivity contribution in [3.05, 3.63) is 0 Å². The van der Waals surface area contributed by atoms with Gasteiger partial charge in [0.25, 0.3) is 0 Å². The maximum atomic E-state index is 12.1. The first-order valence-electron chi connectivity index (χ1n) is 6.21. The zero-order valence-electron chi connectivity index (χ0n) is 10.3. The Balaban J connectivity index is 2.59. The number of nitrogens with one attached hydrogen (secondary N) is 1. The molecular formula is C12H24N2O. The van der Waals surface area contributed by atoms with Gasteiger partial charge in [-0.15, -0.1) is 0 Å². The summed E-state index contributed by atoms with van der Waals surface area (Å²) in [5.74, 6) is 0.519. The van der Waals surface area contributed by atoms with Crippen LogP contribution in [0.5, 0.6) is 0 Å². The monoisotopic (exact) mass is 212 g/mol. The number of hydrogen-bond donors (Lipinski definition) is 1. The van der Waals surface area contributed by atoms with Crippen LogP contribution in [0.15, 0.2) is 0 Å². The maximum absolute atomic E-state index is 12.1. The normalized spacial score (nSPS) is 22.7. The lowest BCUT2D eigenvalue weighted by atomic mass is 10.1.